The maximum absolute atomic E-state index is 12.5. The molecule has 3 aromatic rings. The van der Waals surface area contributed by atoms with Crippen molar-refractivity contribution in [1.82, 2.24) is 15.3 Å². The highest BCUT2D eigenvalue weighted by atomic mass is 35.5. The Hall–Kier alpha value is -2.33. The zero-order valence-electron chi connectivity index (χ0n) is 13.7. The summed E-state index contributed by atoms with van der Waals surface area (Å²) in [6.07, 6.45) is 0.253. The number of aromatic nitrogens is 2. The van der Waals surface area contributed by atoms with E-state index in [1.54, 1.807) is 6.07 Å². The van der Waals surface area contributed by atoms with E-state index in [0.29, 0.717) is 5.02 Å². The van der Waals surface area contributed by atoms with Gasteiger partial charge < -0.3 is 10.3 Å². The van der Waals surface area contributed by atoms with Crippen LogP contribution in [-0.2, 0) is 11.2 Å². The molecule has 1 unspecified atom stereocenters. The number of amides is 1. The lowest BCUT2D eigenvalue weighted by Gasteiger charge is -2.20. The van der Waals surface area contributed by atoms with Gasteiger partial charge in [0.15, 0.2) is 0 Å². The molecule has 3 rings (SSSR count). The molecular weight excluding hydrogens is 322 g/mol. The van der Waals surface area contributed by atoms with E-state index >= 15 is 0 Å². The number of halogens is 1. The summed E-state index contributed by atoms with van der Waals surface area (Å²) in [5.74, 6) is 0.918. The fourth-order valence-corrected chi connectivity index (χ4v) is 2.91. The van der Waals surface area contributed by atoms with Crippen molar-refractivity contribution in [2.45, 2.75) is 26.3 Å². The van der Waals surface area contributed by atoms with Crippen molar-refractivity contribution in [3.63, 3.8) is 0 Å². The van der Waals surface area contributed by atoms with Crippen LogP contribution in [0.3, 0.4) is 0 Å². The SMILES string of the molecule is CC(C)C(NC(=O)Cc1ccccc1Cl)c1nc2ccccc2[nH]1. The average Bonchev–Trinajstić information content (AvgIpc) is 2.98. The van der Waals surface area contributed by atoms with Crippen LogP contribution in [0.5, 0.6) is 0 Å². The molecule has 0 spiro atoms. The van der Waals surface area contributed by atoms with Crippen LogP contribution in [0.25, 0.3) is 11.0 Å². The van der Waals surface area contributed by atoms with Gasteiger partial charge in [-0.3, -0.25) is 4.79 Å². The summed E-state index contributed by atoms with van der Waals surface area (Å²) >= 11 is 6.14. The first-order valence-electron chi connectivity index (χ1n) is 8.02. The van der Waals surface area contributed by atoms with Crippen molar-refractivity contribution in [2.75, 3.05) is 0 Å². The summed E-state index contributed by atoms with van der Waals surface area (Å²) in [7, 11) is 0. The molecule has 0 aliphatic carbocycles. The first-order chi connectivity index (χ1) is 11.5. The minimum atomic E-state index is -0.174. The molecule has 4 nitrogen and oxygen atoms in total. The second-order valence-electron chi connectivity index (χ2n) is 6.20. The number of hydrogen-bond donors (Lipinski definition) is 2. The van der Waals surface area contributed by atoms with Gasteiger partial charge >= 0.3 is 0 Å². The largest absolute Gasteiger partial charge is 0.346 e. The maximum atomic E-state index is 12.5. The molecular formula is C19H20ClN3O. The number of H-pyrrole nitrogens is 1. The van der Waals surface area contributed by atoms with Gasteiger partial charge in [-0.05, 0) is 29.7 Å². The van der Waals surface area contributed by atoms with E-state index in [9.17, 15) is 4.79 Å². The average molecular weight is 342 g/mol. The van der Waals surface area contributed by atoms with Crippen molar-refractivity contribution in [2.24, 2.45) is 5.92 Å². The third kappa shape index (κ3) is 3.60. The summed E-state index contributed by atoms with van der Waals surface area (Å²) in [5, 5.41) is 3.69. The third-order valence-electron chi connectivity index (χ3n) is 3.99. The monoisotopic (exact) mass is 341 g/mol. The van der Waals surface area contributed by atoms with Gasteiger partial charge in [0.25, 0.3) is 0 Å². The number of aromatic amines is 1. The van der Waals surface area contributed by atoms with Crippen LogP contribution in [0.2, 0.25) is 5.02 Å². The lowest BCUT2D eigenvalue weighted by Crippen LogP contribution is -2.33. The van der Waals surface area contributed by atoms with Gasteiger partial charge in [-0.1, -0.05) is 55.8 Å². The van der Waals surface area contributed by atoms with Crippen LogP contribution < -0.4 is 5.32 Å². The van der Waals surface area contributed by atoms with Crippen LogP contribution in [0, 0.1) is 5.92 Å². The maximum Gasteiger partial charge on any atom is 0.225 e. The predicted molar refractivity (Wildman–Crippen MR) is 97.0 cm³/mol. The topological polar surface area (TPSA) is 57.8 Å². The minimum absolute atomic E-state index is 0.0674. The number of carbonyl (C=O) groups is 1. The Kier molecular flexibility index (Phi) is 4.86. The van der Waals surface area contributed by atoms with Crippen molar-refractivity contribution in [3.8, 4) is 0 Å². The molecule has 0 aliphatic rings. The number of nitrogens with one attached hydrogen (secondary N) is 2. The quantitative estimate of drug-likeness (QED) is 0.728. The second-order valence-corrected chi connectivity index (χ2v) is 6.60. The number of rotatable bonds is 5. The minimum Gasteiger partial charge on any atom is -0.346 e. The number of fused-ring (bicyclic) bond motifs is 1. The molecule has 24 heavy (non-hydrogen) atoms. The number of carbonyl (C=O) groups excluding carboxylic acids is 1. The second kappa shape index (κ2) is 7.05. The summed E-state index contributed by atoms with van der Waals surface area (Å²) in [6.45, 7) is 4.13. The summed E-state index contributed by atoms with van der Waals surface area (Å²) in [5.41, 5.74) is 2.70. The normalized spacial score (nSPS) is 12.5. The lowest BCUT2D eigenvalue weighted by molar-refractivity contribution is -0.121. The highest BCUT2D eigenvalue weighted by Crippen LogP contribution is 2.23. The zero-order chi connectivity index (χ0) is 17.1. The molecule has 124 valence electrons. The molecule has 2 N–H and O–H groups in total. The van der Waals surface area contributed by atoms with Gasteiger partial charge in [0.2, 0.25) is 5.91 Å². The predicted octanol–water partition coefficient (Wildman–Crippen LogP) is 4.27. The van der Waals surface area contributed by atoms with Crippen LogP contribution in [0.4, 0.5) is 0 Å². The van der Waals surface area contributed by atoms with Crippen molar-refractivity contribution in [3.05, 3.63) is 64.9 Å². The number of para-hydroxylation sites is 2. The van der Waals surface area contributed by atoms with Gasteiger partial charge in [0.1, 0.15) is 5.82 Å². The number of hydrogen-bond acceptors (Lipinski definition) is 2. The Morgan fingerprint density at radius 1 is 1.17 bits per heavy atom. The van der Waals surface area contributed by atoms with E-state index in [2.05, 4.69) is 29.1 Å². The number of imidazole rings is 1. The molecule has 0 aliphatic heterocycles. The van der Waals surface area contributed by atoms with Gasteiger partial charge in [-0.25, -0.2) is 4.98 Å². The molecule has 0 saturated heterocycles. The molecule has 2 aromatic carbocycles. The third-order valence-corrected chi connectivity index (χ3v) is 4.36. The van der Waals surface area contributed by atoms with Gasteiger partial charge in [-0.2, -0.15) is 0 Å². The molecule has 1 heterocycles. The smallest absolute Gasteiger partial charge is 0.225 e. The van der Waals surface area contributed by atoms with E-state index in [-0.39, 0.29) is 24.3 Å². The summed E-state index contributed by atoms with van der Waals surface area (Å²) in [4.78, 5) is 20.4. The van der Waals surface area contributed by atoms with E-state index in [4.69, 9.17) is 11.6 Å². The fourth-order valence-electron chi connectivity index (χ4n) is 2.71. The molecule has 0 fully saturated rings. The van der Waals surface area contributed by atoms with E-state index in [1.807, 2.05) is 42.5 Å². The summed E-state index contributed by atoms with van der Waals surface area (Å²) < 4.78 is 0. The highest BCUT2D eigenvalue weighted by molar-refractivity contribution is 6.31. The molecule has 1 aromatic heterocycles. The molecule has 1 amide bonds. The Morgan fingerprint density at radius 2 is 1.88 bits per heavy atom. The first-order valence-corrected chi connectivity index (χ1v) is 8.40. The van der Waals surface area contributed by atoms with E-state index in [1.165, 1.54) is 0 Å². The van der Waals surface area contributed by atoms with Crippen LogP contribution in [0.1, 0.15) is 31.3 Å². The Labute approximate surface area is 146 Å². The van der Waals surface area contributed by atoms with E-state index in [0.717, 1.165) is 22.4 Å². The first kappa shape index (κ1) is 16.5. The van der Waals surface area contributed by atoms with Crippen molar-refractivity contribution >= 4 is 28.5 Å². The van der Waals surface area contributed by atoms with Crippen LogP contribution in [0.15, 0.2) is 48.5 Å². The highest BCUT2D eigenvalue weighted by Gasteiger charge is 2.22. The number of benzene rings is 2. The Morgan fingerprint density at radius 3 is 2.58 bits per heavy atom. The van der Waals surface area contributed by atoms with Crippen molar-refractivity contribution < 1.29 is 4.79 Å². The Bertz CT molecular complexity index is 823. The van der Waals surface area contributed by atoms with Gasteiger partial charge in [-0.15, -0.1) is 0 Å². The van der Waals surface area contributed by atoms with Crippen molar-refractivity contribution in [1.29, 1.82) is 0 Å². The zero-order valence-corrected chi connectivity index (χ0v) is 14.5. The van der Waals surface area contributed by atoms with E-state index < -0.39 is 0 Å². The molecule has 0 bridgehead atoms. The van der Waals surface area contributed by atoms with Crippen LogP contribution in [-0.4, -0.2) is 15.9 Å². The van der Waals surface area contributed by atoms with Gasteiger partial charge in [0.05, 0.1) is 23.5 Å². The molecule has 5 heteroatoms. The van der Waals surface area contributed by atoms with Gasteiger partial charge in [0, 0.05) is 5.02 Å². The van der Waals surface area contributed by atoms with Crippen LogP contribution >= 0.6 is 11.6 Å². The molecule has 0 saturated carbocycles. The summed E-state index contributed by atoms with van der Waals surface area (Å²) in [6, 6.07) is 15.1. The standard InChI is InChI=1S/C19H20ClN3O/c1-12(2)18(19-21-15-9-5-6-10-16(15)22-19)23-17(24)11-13-7-3-4-8-14(13)20/h3-10,12,18H,11H2,1-2H3,(H,21,22)(H,23,24). The molecule has 1 atom stereocenters. The fraction of sp³-hybridized carbons (Fsp3) is 0.263. The lowest BCUT2D eigenvalue weighted by atomic mass is 10.0. The number of nitrogens with zero attached hydrogens (tertiary/aromatic N) is 1. The molecule has 0 radical (unpaired) electrons. The Balaban J connectivity index is 1.79.